The topological polar surface area (TPSA) is 50.1 Å². The maximum Gasteiger partial charge on any atom is 0.0762 e. The Bertz CT molecular complexity index is 358. The Kier molecular flexibility index (Phi) is 5.86. The summed E-state index contributed by atoms with van der Waals surface area (Å²) in [6.07, 6.45) is 10.2. The molecule has 0 amide bonds. The van der Waals surface area contributed by atoms with Crippen molar-refractivity contribution in [2.75, 3.05) is 6.54 Å². The highest BCUT2D eigenvalue weighted by Crippen LogP contribution is 2.27. The van der Waals surface area contributed by atoms with E-state index in [0.29, 0.717) is 6.04 Å². The molecule has 1 fully saturated rings. The predicted octanol–water partition coefficient (Wildman–Crippen LogP) is 2.64. The molecule has 0 saturated heterocycles. The minimum absolute atomic E-state index is 0.174. The molecule has 108 valence electrons. The van der Waals surface area contributed by atoms with E-state index < -0.39 is 0 Å². The van der Waals surface area contributed by atoms with Gasteiger partial charge in [-0.25, -0.2) is 0 Å². The van der Waals surface area contributed by atoms with Crippen molar-refractivity contribution < 1.29 is 5.11 Å². The molecule has 4 nitrogen and oxygen atoms in total. The smallest absolute Gasteiger partial charge is 0.0762 e. The quantitative estimate of drug-likeness (QED) is 0.745. The Morgan fingerprint density at radius 1 is 1.42 bits per heavy atom. The SMILES string of the molecule is CCC(O)CCNCc1ccn(C2CCCCC2)n1. The average molecular weight is 265 g/mol. The normalized spacial score (nSPS) is 18.6. The number of nitrogens with zero attached hydrogens (tertiary/aromatic N) is 2. The summed E-state index contributed by atoms with van der Waals surface area (Å²) in [6.45, 7) is 3.66. The molecule has 0 aromatic carbocycles. The van der Waals surface area contributed by atoms with Crippen LogP contribution in [0.15, 0.2) is 12.3 Å². The minimum atomic E-state index is -0.174. The zero-order valence-corrected chi connectivity index (χ0v) is 12.0. The molecule has 2 N–H and O–H groups in total. The third kappa shape index (κ3) is 4.62. The average Bonchev–Trinajstić information content (AvgIpc) is 2.93. The third-order valence-electron chi connectivity index (χ3n) is 4.04. The van der Waals surface area contributed by atoms with Gasteiger partial charge in [0, 0.05) is 12.7 Å². The number of nitrogens with one attached hydrogen (secondary N) is 1. The molecular formula is C15H27N3O. The van der Waals surface area contributed by atoms with Crippen LogP contribution in [0, 0.1) is 0 Å². The Morgan fingerprint density at radius 3 is 2.95 bits per heavy atom. The van der Waals surface area contributed by atoms with Crippen LogP contribution in [-0.2, 0) is 6.54 Å². The van der Waals surface area contributed by atoms with Gasteiger partial charge in [0.2, 0.25) is 0 Å². The molecule has 1 aromatic heterocycles. The number of rotatable bonds is 7. The van der Waals surface area contributed by atoms with Gasteiger partial charge < -0.3 is 10.4 Å². The Morgan fingerprint density at radius 2 is 2.21 bits per heavy atom. The van der Waals surface area contributed by atoms with Crippen LogP contribution >= 0.6 is 0 Å². The van der Waals surface area contributed by atoms with E-state index in [9.17, 15) is 5.11 Å². The number of hydrogen-bond acceptors (Lipinski definition) is 3. The van der Waals surface area contributed by atoms with Gasteiger partial charge in [0.15, 0.2) is 0 Å². The van der Waals surface area contributed by atoms with Crippen LogP contribution in [0.25, 0.3) is 0 Å². The maximum absolute atomic E-state index is 9.47. The van der Waals surface area contributed by atoms with Crippen molar-refractivity contribution in [3.8, 4) is 0 Å². The molecule has 0 radical (unpaired) electrons. The van der Waals surface area contributed by atoms with E-state index in [-0.39, 0.29) is 6.10 Å². The molecule has 0 spiro atoms. The van der Waals surface area contributed by atoms with Gasteiger partial charge in [-0.15, -0.1) is 0 Å². The van der Waals surface area contributed by atoms with Gasteiger partial charge in [0.1, 0.15) is 0 Å². The van der Waals surface area contributed by atoms with Crippen LogP contribution in [0.1, 0.15) is 63.6 Å². The summed E-state index contributed by atoms with van der Waals surface area (Å²) in [4.78, 5) is 0. The minimum Gasteiger partial charge on any atom is -0.393 e. The first-order chi connectivity index (χ1) is 9.29. The fourth-order valence-corrected chi connectivity index (χ4v) is 2.71. The van der Waals surface area contributed by atoms with Crippen molar-refractivity contribution in [3.63, 3.8) is 0 Å². The summed E-state index contributed by atoms with van der Waals surface area (Å²) in [5, 5.41) is 17.5. The van der Waals surface area contributed by atoms with Crippen LogP contribution < -0.4 is 5.32 Å². The van der Waals surface area contributed by atoms with Crippen molar-refractivity contribution in [1.82, 2.24) is 15.1 Å². The van der Waals surface area contributed by atoms with Gasteiger partial charge in [0.25, 0.3) is 0 Å². The summed E-state index contributed by atoms with van der Waals surface area (Å²) < 4.78 is 2.15. The number of aliphatic hydroxyl groups is 1. The lowest BCUT2D eigenvalue weighted by Crippen LogP contribution is -2.20. The zero-order valence-electron chi connectivity index (χ0n) is 12.0. The highest BCUT2D eigenvalue weighted by Gasteiger charge is 2.15. The zero-order chi connectivity index (χ0) is 13.5. The largest absolute Gasteiger partial charge is 0.393 e. The van der Waals surface area contributed by atoms with E-state index in [0.717, 1.165) is 31.6 Å². The van der Waals surface area contributed by atoms with Crippen molar-refractivity contribution in [2.24, 2.45) is 0 Å². The van der Waals surface area contributed by atoms with E-state index in [1.807, 2.05) is 6.92 Å². The predicted molar refractivity (Wildman–Crippen MR) is 77.0 cm³/mol. The van der Waals surface area contributed by atoms with E-state index in [1.165, 1.54) is 32.1 Å². The molecule has 1 saturated carbocycles. The second-order valence-corrected chi connectivity index (χ2v) is 5.61. The summed E-state index contributed by atoms with van der Waals surface area (Å²) in [7, 11) is 0. The molecule has 1 aliphatic rings. The number of aliphatic hydroxyl groups excluding tert-OH is 1. The Hall–Kier alpha value is -0.870. The standard InChI is InChI=1S/C15H27N3O/c1-2-15(19)8-10-16-12-13-9-11-18(17-13)14-6-4-3-5-7-14/h9,11,14-16,19H,2-8,10,12H2,1H3. The fraction of sp³-hybridized carbons (Fsp3) is 0.800. The van der Waals surface area contributed by atoms with Crippen molar-refractivity contribution in [3.05, 3.63) is 18.0 Å². The highest BCUT2D eigenvalue weighted by molar-refractivity contribution is 4.99. The van der Waals surface area contributed by atoms with E-state index in [1.54, 1.807) is 0 Å². The van der Waals surface area contributed by atoms with Crippen molar-refractivity contribution >= 4 is 0 Å². The molecule has 4 heteroatoms. The number of hydrogen-bond donors (Lipinski definition) is 2. The lowest BCUT2D eigenvalue weighted by molar-refractivity contribution is 0.159. The van der Waals surface area contributed by atoms with Gasteiger partial charge in [-0.1, -0.05) is 26.2 Å². The molecule has 0 aliphatic heterocycles. The van der Waals surface area contributed by atoms with Crippen LogP contribution in [-0.4, -0.2) is 27.5 Å². The van der Waals surface area contributed by atoms with Crippen molar-refractivity contribution in [1.29, 1.82) is 0 Å². The molecule has 1 heterocycles. The molecule has 1 atom stereocenters. The molecule has 1 aliphatic carbocycles. The summed E-state index contributed by atoms with van der Waals surface area (Å²) in [5.74, 6) is 0. The lowest BCUT2D eigenvalue weighted by Gasteiger charge is -2.21. The van der Waals surface area contributed by atoms with Crippen LogP contribution in [0.3, 0.4) is 0 Å². The van der Waals surface area contributed by atoms with E-state index in [4.69, 9.17) is 0 Å². The first-order valence-corrected chi connectivity index (χ1v) is 7.72. The summed E-state index contributed by atoms with van der Waals surface area (Å²) in [5.41, 5.74) is 1.11. The highest BCUT2D eigenvalue weighted by atomic mass is 16.3. The van der Waals surface area contributed by atoms with Gasteiger partial charge in [-0.05, 0) is 38.3 Å². The van der Waals surface area contributed by atoms with E-state index >= 15 is 0 Å². The van der Waals surface area contributed by atoms with Crippen LogP contribution in [0.2, 0.25) is 0 Å². The van der Waals surface area contributed by atoms with Crippen LogP contribution in [0.4, 0.5) is 0 Å². The molecule has 2 rings (SSSR count). The number of aromatic nitrogens is 2. The summed E-state index contributed by atoms with van der Waals surface area (Å²) in [6, 6.07) is 2.72. The van der Waals surface area contributed by atoms with Gasteiger partial charge in [0.05, 0.1) is 17.8 Å². The third-order valence-corrected chi connectivity index (χ3v) is 4.04. The molecule has 1 aromatic rings. The Balaban J connectivity index is 1.71. The van der Waals surface area contributed by atoms with Gasteiger partial charge in [-0.2, -0.15) is 5.10 Å². The molecule has 19 heavy (non-hydrogen) atoms. The van der Waals surface area contributed by atoms with Crippen molar-refractivity contribution in [2.45, 2.75) is 70.6 Å². The van der Waals surface area contributed by atoms with Gasteiger partial charge >= 0.3 is 0 Å². The first kappa shape index (κ1) is 14.5. The summed E-state index contributed by atoms with van der Waals surface area (Å²) >= 11 is 0. The lowest BCUT2D eigenvalue weighted by atomic mass is 9.96. The Labute approximate surface area is 116 Å². The second-order valence-electron chi connectivity index (χ2n) is 5.61. The van der Waals surface area contributed by atoms with E-state index in [2.05, 4.69) is 27.4 Å². The molecule has 1 unspecified atom stereocenters. The molecule has 0 bridgehead atoms. The monoisotopic (exact) mass is 265 g/mol. The van der Waals surface area contributed by atoms with Gasteiger partial charge in [-0.3, -0.25) is 4.68 Å². The maximum atomic E-state index is 9.47. The second kappa shape index (κ2) is 7.65. The van der Waals surface area contributed by atoms with Crippen LogP contribution in [0.5, 0.6) is 0 Å². The molecular weight excluding hydrogens is 238 g/mol. The first-order valence-electron chi connectivity index (χ1n) is 7.72. The fourth-order valence-electron chi connectivity index (χ4n) is 2.71.